The molecule has 0 aromatic rings. The highest BCUT2D eigenvalue weighted by molar-refractivity contribution is 6.17. The van der Waals surface area contributed by atoms with Crippen LogP contribution in [0.2, 0.25) is 0 Å². The van der Waals surface area contributed by atoms with E-state index in [0.717, 1.165) is 12.8 Å². The molecule has 0 saturated heterocycles. The third-order valence-electron chi connectivity index (χ3n) is 5.06. The first-order valence-electron chi connectivity index (χ1n) is 6.04. The molecule has 3 rings (SSSR count). The molecule has 3 atom stereocenters. The number of carbonyl (C=O) groups excluding carboxylic acids is 1. The molecule has 2 bridgehead atoms. The van der Waals surface area contributed by atoms with Crippen molar-refractivity contribution in [3.05, 3.63) is 0 Å². The molecule has 15 heavy (non-hydrogen) atoms. The predicted octanol–water partition coefficient (Wildman–Crippen LogP) is 3.65. The van der Waals surface area contributed by atoms with E-state index in [1.165, 1.54) is 12.8 Å². The van der Waals surface area contributed by atoms with Crippen molar-refractivity contribution in [2.24, 2.45) is 22.7 Å². The Morgan fingerprint density at radius 2 is 2.07 bits per heavy atom. The van der Waals surface area contributed by atoms with Crippen LogP contribution in [-0.2, 0) is 4.79 Å². The fourth-order valence-electron chi connectivity index (χ4n) is 3.84. The van der Waals surface area contributed by atoms with Crippen molar-refractivity contribution in [2.75, 3.05) is 5.88 Å². The molecule has 0 aromatic heterocycles. The van der Waals surface area contributed by atoms with Crippen molar-refractivity contribution < 1.29 is 4.79 Å². The van der Waals surface area contributed by atoms with Crippen molar-refractivity contribution >= 4 is 17.4 Å². The molecule has 0 aliphatic heterocycles. The van der Waals surface area contributed by atoms with Gasteiger partial charge in [0.1, 0.15) is 5.78 Å². The van der Waals surface area contributed by atoms with Gasteiger partial charge in [-0.3, -0.25) is 4.79 Å². The molecule has 3 saturated carbocycles. The predicted molar refractivity (Wildman–Crippen MR) is 63.1 cm³/mol. The van der Waals surface area contributed by atoms with E-state index in [1.807, 2.05) is 0 Å². The van der Waals surface area contributed by atoms with Crippen LogP contribution >= 0.6 is 11.6 Å². The molecule has 3 unspecified atom stereocenters. The number of Topliss-reactive ketones (excluding diaryl/α,β-unsaturated/α-hetero) is 1. The number of ketones is 1. The average molecular weight is 229 g/mol. The molecule has 1 nitrogen and oxygen atoms in total. The van der Waals surface area contributed by atoms with Crippen LogP contribution in [-0.4, -0.2) is 11.7 Å². The molecule has 3 fully saturated rings. The van der Waals surface area contributed by atoms with Crippen LogP contribution in [0, 0.1) is 22.7 Å². The highest BCUT2D eigenvalue weighted by Gasteiger charge is 2.58. The lowest BCUT2D eigenvalue weighted by Gasteiger charge is -2.56. The summed E-state index contributed by atoms with van der Waals surface area (Å²) in [6, 6.07) is 0. The number of fused-ring (bicyclic) bond motifs is 3. The topological polar surface area (TPSA) is 17.1 Å². The Bertz CT molecular complexity index is 284. The van der Waals surface area contributed by atoms with Gasteiger partial charge in [-0.25, -0.2) is 0 Å². The largest absolute Gasteiger partial charge is 0.298 e. The van der Waals surface area contributed by atoms with Gasteiger partial charge in [-0.1, -0.05) is 20.8 Å². The van der Waals surface area contributed by atoms with Crippen LogP contribution in [0.1, 0.15) is 46.5 Å². The Morgan fingerprint density at radius 3 is 2.67 bits per heavy atom. The van der Waals surface area contributed by atoms with Crippen molar-refractivity contribution in [1.29, 1.82) is 0 Å². The van der Waals surface area contributed by atoms with Gasteiger partial charge in [0.25, 0.3) is 0 Å². The molecule has 86 valence electrons. The third kappa shape index (κ3) is 1.46. The Hall–Kier alpha value is -0.0400. The van der Waals surface area contributed by atoms with E-state index in [1.54, 1.807) is 0 Å². The minimum absolute atomic E-state index is 0.0762. The monoisotopic (exact) mass is 228 g/mol. The second-order valence-electron chi connectivity index (χ2n) is 6.11. The van der Waals surface area contributed by atoms with E-state index >= 15 is 0 Å². The molecule has 0 aromatic carbocycles. The van der Waals surface area contributed by atoms with Gasteiger partial charge >= 0.3 is 0 Å². The normalized spacial score (nSPS) is 43.3. The zero-order chi connectivity index (χ0) is 11.3. The van der Waals surface area contributed by atoms with Crippen molar-refractivity contribution in [1.82, 2.24) is 0 Å². The Morgan fingerprint density at radius 1 is 1.40 bits per heavy atom. The maximum absolute atomic E-state index is 12.5. The Balaban J connectivity index is 2.30. The van der Waals surface area contributed by atoms with Crippen molar-refractivity contribution in [2.45, 2.75) is 46.5 Å². The van der Waals surface area contributed by atoms with Crippen LogP contribution in [0.15, 0.2) is 0 Å². The molecular weight excluding hydrogens is 208 g/mol. The summed E-state index contributed by atoms with van der Waals surface area (Å²) in [4.78, 5) is 12.5. The van der Waals surface area contributed by atoms with Crippen molar-refractivity contribution in [3.8, 4) is 0 Å². The smallest absolute Gasteiger partial charge is 0.144 e. The zero-order valence-electron chi connectivity index (χ0n) is 9.98. The van der Waals surface area contributed by atoms with Crippen LogP contribution in [0.3, 0.4) is 0 Å². The summed E-state index contributed by atoms with van der Waals surface area (Å²) in [5, 5.41) is 0. The summed E-state index contributed by atoms with van der Waals surface area (Å²) >= 11 is 5.84. The Kier molecular flexibility index (Phi) is 2.65. The molecule has 0 radical (unpaired) electrons. The first kappa shape index (κ1) is 11.4. The molecule has 3 aliphatic rings. The average Bonchev–Trinajstić information content (AvgIpc) is 2.18. The highest BCUT2D eigenvalue weighted by Crippen LogP contribution is 2.59. The highest BCUT2D eigenvalue weighted by atomic mass is 35.5. The van der Waals surface area contributed by atoms with E-state index in [2.05, 4.69) is 20.8 Å². The zero-order valence-corrected chi connectivity index (χ0v) is 10.7. The molecule has 0 N–H and O–H groups in total. The third-order valence-corrected chi connectivity index (χ3v) is 5.28. The number of hydrogen-bond donors (Lipinski definition) is 0. The van der Waals surface area contributed by atoms with Crippen LogP contribution in [0.4, 0.5) is 0 Å². The molecule has 2 heteroatoms. The molecule has 0 spiro atoms. The van der Waals surface area contributed by atoms with Gasteiger partial charge in [0.2, 0.25) is 0 Å². The van der Waals surface area contributed by atoms with Gasteiger partial charge in [-0.15, -0.1) is 11.6 Å². The fourth-order valence-corrected chi connectivity index (χ4v) is 4.11. The summed E-state index contributed by atoms with van der Waals surface area (Å²) in [7, 11) is 0. The quantitative estimate of drug-likeness (QED) is 0.660. The first-order valence-corrected chi connectivity index (χ1v) is 6.57. The van der Waals surface area contributed by atoms with Crippen LogP contribution < -0.4 is 0 Å². The SMILES string of the molecule is CC1(C)C(=O)C2(C)CCC1CC2CCCl. The minimum Gasteiger partial charge on any atom is -0.298 e. The summed E-state index contributed by atoms with van der Waals surface area (Å²) in [6.07, 6.45) is 4.54. The molecule has 0 heterocycles. The maximum atomic E-state index is 12.5. The van der Waals surface area contributed by atoms with Gasteiger partial charge in [0.15, 0.2) is 0 Å². The molecule has 0 amide bonds. The van der Waals surface area contributed by atoms with E-state index in [4.69, 9.17) is 11.6 Å². The number of alkyl halides is 1. The fraction of sp³-hybridized carbons (Fsp3) is 0.923. The molecular formula is C13H21ClO. The van der Waals surface area contributed by atoms with E-state index in [-0.39, 0.29) is 10.8 Å². The summed E-state index contributed by atoms with van der Waals surface area (Å²) in [5.74, 6) is 2.32. The second-order valence-corrected chi connectivity index (χ2v) is 6.49. The number of halogens is 1. The number of rotatable bonds is 2. The standard InChI is InChI=1S/C13H21ClO/c1-12(2)9-4-6-13(3,11(12)15)10(8-9)5-7-14/h9-10H,4-8H2,1-3H3. The lowest BCUT2D eigenvalue weighted by atomic mass is 9.46. The van der Waals surface area contributed by atoms with Gasteiger partial charge in [0, 0.05) is 16.7 Å². The molecule has 3 aliphatic carbocycles. The maximum Gasteiger partial charge on any atom is 0.144 e. The van der Waals surface area contributed by atoms with Gasteiger partial charge in [-0.05, 0) is 37.5 Å². The van der Waals surface area contributed by atoms with E-state index in [0.29, 0.717) is 23.5 Å². The van der Waals surface area contributed by atoms with Gasteiger partial charge < -0.3 is 0 Å². The van der Waals surface area contributed by atoms with E-state index < -0.39 is 0 Å². The Labute approximate surface area is 97.6 Å². The summed E-state index contributed by atoms with van der Waals surface area (Å²) in [5.41, 5.74) is -0.164. The lowest BCUT2D eigenvalue weighted by molar-refractivity contribution is -0.160. The minimum atomic E-state index is -0.0875. The van der Waals surface area contributed by atoms with Crippen molar-refractivity contribution in [3.63, 3.8) is 0 Å². The second kappa shape index (κ2) is 3.48. The van der Waals surface area contributed by atoms with Gasteiger partial charge in [-0.2, -0.15) is 0 Å². The van der Waals surface area contributed by atoms with Crippen LogP contribution in [0.25, 0.3) is 0 Å². The first-order chi connectivity index (χ1) is 6.93. The summed E-state index contributed by atoms with van der Waals surface area (Å²) < 4.78 is 0. The van der Waals surface area contributed by atoms with Gasteiger partial charge in [0.05, 0.1) is 0 Å². The number of carbonyl (C=O) groups is 1. The summed E-state index contributed by atoms with van der Waals surface area (Å²) in [6.45, 7) is 6.44. The van der Waals surface area contributed by atoms with Crippen LogP contribution in [0.5, 0.6) is 0 Å². The number of hydrogen-bond acceptors (Lipinski definition) is 1. The van der Waals surface area contributed by atoms with E-state index in [9.17, 15) is 4.79 Å². The lowest BCUT2D eigenvalue weighted by Crippen LogP contribution is -2.57.